The highest BCUT2D eigenvalue weighted by molar-refractivity contribution is 5.57. The van der Waals surface area contributed by atoms with Crippen molar-refractivity contribution < 1.29 is 4.74 Å². The zero-order chi connectivity index (χ0) is 11.7. The molecular weight excluding hydrogens is 212 g/mol. The summed E-state index contributed by atoms with van der Waals surface area (Å²) in [7, 11) is 0. The van der Waals surface area contributed by atoms with E-state index in [1.807, 2.05) is 0 Å². The number of hydrogen-bond acceptors (Lipinski definition) is 3. The Hall–Kier alpha value is -1.22. The number of anilines is 1. The molecule has 3 nitrogen and oxygen atoms in total. The van der Waals surface area contributed by atoms with Crippen LogP contribution in [0.1, 0.15) is 12.5 Å². The largest absolute Gasteiger partial charge is 0.493 e. The van der Waals surface area contributed by atoms with Crippen LogP contribution in [-0.4, -0.2) is 37.7 Å². The quantitative estimate of drug-likeness (QED) is 0.859. The molecule has 0 bridgehead atoms. The molecular formula is C14H20N2O. The van der Waals surface area contributed by atoms with Gasteiger partial charge in [0.25, 0.3) is 0 Å². The molecule has 0 saturated carbocycles. The predicted octanol–water partition coefficient (Wildman–Crippen LogP) is 1.99. The third-order valence-electron chi connectivity index (χ3n) is 3.75. The van der Waals surface area contributed by atoms with Crippen molar-refractivity contribution >= 4 is 5.69 Å². The first kappa shape index (κ1) is 10.9. The van der Waals surface area contributed by atoms with Gasteiger partial charge in [-0.3, -0.25) is 0 Å². The van der Waals surface area contributed by atoms with Crippen molar-refractivity contribution in [1.82, 2.24) is 4.90 Å². The third-order valence-corrected chi connectivity index (χ3v) is 3.75. The first-order chi connectivity index (χ1) is 8.35. The van der Waals surface area contributed by atoms with Crippen molar-refractivity contribution in [1.29, 1.82) is 0 Å². The third kappa shape index (κ3) is 2.25. The van der Waals surface area contributed by atoms with Crippen molar-refractivity contribution in [3.63, 3.8) is 0 Å². The van der Waals surface area contributed by atoms with Crippen molar-refractivity contribution in [2.24, 2.45) is 5.92 Å². The van der Waals surface area contributed by atoms with E-state index < -0.39 is 0 Å². The average molecular weight is 232 g/mol. The van der Waals surface area contributed by atoms with Crippen LogP contribution in [0.3, 0.4) is 0 Å². The highest BCUT2D eigenvalue weighted by atomic mass is 16.5. The Bertz CT molecular complexity index is 399. The molecule has 1 saturated heterocycles. The second-order valence-electron chi connectivity index (χ2n) is 5.02. The van der Waals surface area contributed by atoms with Crippen LogP contribution in [0.4, 0.5) is 5.69 Å². The minimum atomic E-state index is 0.723. The molecule has 1 aromatic carbocycles. The lowest BCUT2D eigenvalue weighted by Crippen LogP contribution is -2.48. The zero-order valence-corrected chi connectivity index (χ0v) is 10.4. The molecule has 1 aromatic rings. The molecule has 92 valence electrons. The van der Waals surface area contributed by atoms with E-state index >= 15 is 0 Å². The minimum Gasteiger partial charge on any atom is -0.493 e. The van der Waals surface area contributed by atoms with Gasteiger partial charge in [-0.25, -0.2) is 0 Å². The molecule has 2 aliphatic rings. The fourth-order valence-electron chi connectivity index (χ4n) is 2.63. The summed E-state index contributed by atoms with van der Waals surface area (Å²) in [4.78, 5) is 2.45. The van der Waals surface area contributed by atoms with Crippen LogP contribution in [0.25, 0.3) is 0 Å². The van der Waals surface area contributed by atoms with Crippen LogP contribution in [0.5, 0.6) is 5.75 Å². The summed E-state index contributed by atoms with van der Waals surface area (Å²) in [6.45, 7) is 7.70. The summed E-state index contributed by atoms with van der Waals surface area (Å²) < 4.78 is 5.87. The summed E-state index contributed by atoms with van der Waals surface area (Å²) >= 11 is 0. The molecule has 3 heteroatoms. The van der Waals surface area contributed by atoms with Crippen LogP contribution in [0, 0.1) is 5.92 Å². The van der Waals surface area contributed by atoms with Crippen LogP contribution >= 0.6 is 0 Å². The molecule has 1 fully saturated rings. The Morgan fingerprint density at radius 3 is 3.12 bits per heavy atom. The predicted molar refractivity (Wildman–Crippen MR) is 69.7 cm³/mol. The van der Waals surface area contributed by atoms with Gasteiger partial charge in [-0.1, -0.05) is 6.92 Å². The van der Waals surface area contributed by atoms with Gasteiger partial charge in [-0.15, -0.1) is 0 Å². The van der Waals surface area contributed by atoms with Gasteiger partial charge in [0.15, 0.2) is 0 Å². The number of benzene rings is 1. The van der Waals surface area contributed by atoms with Gasteiger partial charge in [0, 0.05) is 31.2 Å². The fraction of sp³-hybridized carbons (Fsp3) is 0.571. The number of ether oxygens (including phenoxy) is 1. The van der Waals surface area contributed by atoms with Gasteiger partial charge >= 0.3 is 0 Å². The topological polar surface area (TPSA) is 24.5 Å². The van der Waals surface area contributed by atoms with Gasteiger partial charge in [0.1, 0.15) is 5.75 Å². The smallest absolute Gasteiger partial charge is 0.119 e. The maximum absolute atomic E-state index is 5.87. The molecule has 2 aliphatic heterocycles. The van der Waals surface area contributed by atoms with Crippen LogP contribution < -0.4 is 10.1 Å². The first-order valence-corrected chi connectivity index (χ1v) is 6.57. The van der Waals surface area contributed by atoms with Crippen molar-refractivity contribution in [3.05, 3.63) is 23.8 Å². The Labute approximate surface area is 103 Å². The maximum Gasteiger partial charge on any atom is 0.119 e. The molecule has 0 spiro atoms. The lowest BCUT2D eigenvalue weighted by atomic mass is 10.0. The molecule has 0 unspecified atom stereocenters. The minimum absolute atomic E-state index is 0.723. The van der Waals surface area contributed by atoms with Gasteiger partial charge < -0.3 is 15.0 Å². The van der Waals surface area contributed by atoms with E-state index in [0.29, 0.717) is 0 Å². The molecule has 2 heterocycles. The van der Waals surface area contributed by atoms with Gasteiger partial charge in [-0.05, 0) is 36.7 Å². The molecule has 0 aromatic heterocycles. The Morgan fingerprint density at radius 2 is 2.29 bits per heavy atom. The summed E-state index contributed by atoms with van der Waals surface area (Å²) in [5.41, 5.74) is 2.67. The second-order valence-corrected chi connectivity index (χ2v) is 5.02. The van der Waals surface area contributed by atoms with Crippen LogP contribution in [0.15, 0.2) is 18.2 Å². The molecule has 0 radical (unpaired) electrons. The highest BCUT2D eigenvalue weighted by Gasteiger charge is 2.25. The molecule has 3 rings (SSSR count). The number of likely N-dealkylation sites (tertiary alicyclic amines) is 1. The standard InChI is InChI=1S/C14H20N2O/c1-2-16-8-11(9-16)10-17-13-3-4-14-12(7-13)5-6-15-14/h3-4,7,11,15H,2,5-6,8-10H2,1H3. The van der Waals surface area contributed by atoms with E-state index in [1.165, 1.54) is 30.9 Å². The highest BCUT2D eigenvalue weighted by Crippen LogP contribution is 2.27. The Kier molecular flexibility index (Phi) is 2.93. The van der Waals surface area contributed by atoms with Gasteiger partial charge in [0.05, 0.1) is 6.61 Å². The van der Waals surface area contributed by atoms with E-state index in [1.54, 1.807) is 0 Å². The molecule has 0 amide bonds. The summed E-state index contributed by atoms with van der Waals surface area (Å²) in [5.74, 6) is 1.75. The van der Waals surface area contributed by atoms with Gasteiger partial charge in [0.2, 0.25) is 0 Å². The normalized spacial score (nSPS) is 19.6. The summed E-state index contributed by atoms with van der Waals surface area (Å²) in [6.07, 6.45) is 1.12. The Morgan fingerprint density at radius 1 is 1.41 bits per heavy atom. The number of rotatable bonds is 4. The molecule has 1 N–H and O–H groups in total. The molecule has 17 heavy (non-hydrogen) atoms. The second kappa shape index (κ2) is 4.57. The summed E-state index contributed by atoms with van der Waals surface area (Å²) in [6, 6.07) is 6.40. The van der Waals surface area contributed by atoms with Crippen molar-refractivity contribution in [3.8, 4) is 5.75 Å². The number of fused-ring (bicyclic) bond motifs is 1. The number of nitrogens with zero attached hydrogens (tertiary/aromatic N) is 1. The first-order valence-electron chi connectivity index (χ1n) is 6.57. The monoisotopic (exact) mass is 232 g/mol. The van der Waals surface area contributed by atoms with Crippen molar-refractivity contribution in [2.75, 3.05) is 38.1 Å². The average Bonchev–Trinajstić information content (AvgIpc) is 2.74. The van der Waals surface area contributed by atoms with Gasteiger partial charge in [-0.2, -0.15) is 0 Å². The van der Waals surface area contributed by atoms with Crippen LogP contribution in [0.2, 0.25) is 0 Å². The summed E-state index contributed by atoms with van der Waals surface area (Å²) in [5, 5.41) is 3.37. The van der Waals surface area contributed by atoms with E-state index in [-0.39, 0.29) is 0 Å². The fourth-order valence-corrected chi connectivity index (χ4v) is 2.63. The number of nitrogens with one attached hydrogen (secondary N) is 1. The van der Waals surface area contributed by atoms with E-state index in [4.69, 9.17) is 4.74 Å². The lowest BCUT2D eigenvalue weighted by Gasteiger charge is -2.38. The lowest BCUT2D eigenvalue weighted by molar-refractivity contribution is 0.0671. The van der Waals surface area contributed by atoms with Crippen molar-refractivity contribution in [2.45, 2.75) is 13.3 Å². The zero-order valence-electron chi connectivity index (χ0n) is 10.4. The number of hydrogen-bond donors (Lipinski definition) is 1. The SMILES string of the molecule is CCN1CC(COc2ccc3c(c2)CCN3)C1. The van der Waals surface area contributed by atoms with E-state index in [2.05, 4.69) is 35.3 Å². The maximum atomic E-state index is 5.87. The molecule has 0 atom stereocenters. The van der Waals surface area contributed by atoms with Crippen LogP contribution in [-0.2, 0) is 6.42 Å². The Balaban J connectivity index is 1.52. The molecule has 0 aliphatic carbocycles. The van der Waals surface area contributed by atoms with E-state index in [0.717, 1.165) is 31.2 Å². The van der Waals surface area contributed by atoms with E-state index in [9.17, 15) is 0 Å².